The Morgan fingerprint density at radius 3 is 2.36 bits per heavy atom. The van der Waals surface area contributed by atoms with Gasteiger partial charge in [-0.05, 0) is 26.0 Å². The van der Waals surface area contributed by atoms with E-state index in [-0.39, 0.29) is 29.5 Å². The number of hydrogen-bond donors (Lipinski definition) is 0. The maximum absolute atomic E-state index is 12.0. The Bertz CT molecular complexity index is 746. The van der Waals surface area contributed by atoms with E-state index < -0.39 is 11.9 Å². The maximum Gasteiger partial charge on any atom is 0.357 e. The molecule has 0 radical (unpaired) electrons. The number of hydrogen-bond acceptors (Lipinski definition) is 5. The lowest BCUT2D eigenvalue weighted by atomic mass is 10.1. The van der Waals surface area contributed by atoms with Crippen LogP contribution >= 0.6 is 23.2 Å². The summed E-state index contributed by atoms with van der Waals surface area (Å²) in [6, 6.07) is 4.75. The van der Waals surface area contributed by atoms with Crippen LogP contribution in [0.3, 0.4) is 0 Å². The molecule has 116 valence electrons. The lowest BCUT2D eigenvalue weighted by molar-refractivity contribution is 0.0474. The number of nitrogens with zero attached hydrogens (tertiary/aromatic N) is 1. The summed E-state index contributed by atoms with van der Waals surface area (Å²) in [6.45, 7) is 3.67. The summed E-state index contributed by atoms with van der Waals surface area (Å²) in [6.07, 6.45) is 0. The molecule has 0 saturated heterocycles. The van der Waals surface area contributed by atoms with E-state index in [0.717, 1.165) is 0 Å². The monoisotopic (exact) mass is 341 g/mol. The first-order valence-electron chi connectivity index (χ1n) is 6.62. The highest BCUT2D eigenvalue weighted by molar-refractivity contribution is 6.45. The molecule has 0 amide bonds. The molecule has 7 heteroatoms. The second-order valence-corrected chi connectivity index (χ2v) is 5.04. The van der Waals surface area contributed by atoms with Gasteiger partial charge >= 0.3 is 11.9 Å². The average Bonchev–Trinajstić information content (AvgIpc) is 2.50. The third-order valence-corrected chi connectivity index (χ3v) is 3.64. The zero-order chi connectivity index (χ0) is 16.3. The van der Waals surface area contributed by atoms with E-state index >= 15 is 0 Å². The van der Waals surface area contributed by atoms with Gasteiger partial charge in [-0.15, -0.1) is 0 Å². The highest BCUT2D eigenvalue weighted by Crippen LogP contribution is 2.31. The number of pyridine rings is 1. The summed E-state index contributed by atoms with van der Waals surface area (Å²) in [5, 5.41) is 1.09. The minimum Gasteiger partial charge on any atom is -0.462 e. The maximum atomic E-state index is 12.0. The minimum atomic E-state index is -0.719. The molecule has 0 atom stereocenters. The van der Waals surface area contributed by atoms with Crippen molar-refractivity contribution in [1.29, 1.82) is 0 Å². The molecule has 1 aromatic heterocycles. The lowest BCUT2D eigenvalue weighted by Crippen LogP contribution is -2.16. The second kappa shape index (κ2) is 6.94. The normalized spacial score (nSPS) is 10.5. The number of esters is 2. The first kappa shape index (κ1) is 16.5. The summed E-state index contributed by atoms with van der Waals surface area (Å²) in [5.41, 5.74) is 0.216. The van der Waals surface area contributed by atoms with Crippen LogP contribution in [0, 0.1) is 0 Å². The van der Waals surface area contributed by atoms with Crippen LogP contribution < -0.4 is 0 Å². The van der Waals surface area contributed by atoms with Gasteiger partial charge in [0.15, 0.2) is 5.69 Å². The fourth-order valence-corrected chi connectivity index (χ4v) is 2.27. The molecule has 0 aliphatic rings. The van der Waals surface area contributed by atoms with Crippen molar-refractivity contribution in [3.63, 3.8) is 0 Å². The van der Waals surface area contributed by atoms with E-state index in [4.69, 9.17) is 32.7 Å². The second-order valence-electron chi connectivity index (χ2n) is 4.26. The fourth-order valence-electron chi connectivity index (χ4n) is 1.90. The van der Waals surface area contributed by atoms with Crippen molar-refractivity contribution in [2.45, 2.75) is 13.8 Å². The zero-order valence-electron chi connectivity index (χ0n) is 12.0. The van der Waals surface area contributed by atoms with Crippen LogP contribution in [0.5, 0.6) is 0 Å². The molecular formula is C15H13Cl2NO4. The van der Waals surface area contributed by atoms with Crippen LogP contribution in [0.15, 0.2) is 18.2 Å². The smallest absolute Gasteiger partial charge is 0.357 e. The van der Waals surface area contributed by atoms with Gasteiger partial charge in [-0.2, -0.15) is 0 Å². The van der Waals surface area contributed by atoms with Gasteiger partial charge in [0.1, 0.15) is 0 Å². The Morgan fingerprint density at radius 2 is 1.73 bits per heavy atom. The van der Waals surface area contributed by atoms with Gasteiger partial charge in [-0.25, -0.2) is 14.6 Å². The van der Waals surface area contributed by atoms with Crippen molar-refractivity contribution >= 4 is 46.0 Å². The number of benzene rings is 1. The molecule has 0 fully saturated rings. The first-order chi connectivity index (χ1) is 10.5. The summed E-state index contributed by atoms with van der Waals surface area (Å²) in [4.78, 5) is 28.3. The van der Waals surface area contributed by atoms with Gasteiger partial charge < -0.3 is 9.47 Å². The number of carbonyl (C=O) groups excluding carboxylic acids is 2. The van der Waals surface area contributed by atoms with E-state index in [0.29, 0.717) is 15.9 Å². The van der Waals surface area contributed by atoms with E-state index in [1.165, 1.54) is 6.07 Å². The minimum absolute atomic E-state index is 0.0335. The molecule has 0 spiro atoms. The molecule has 1 heterocycles. The number of rotatable bonds is 4. The largest absolute Gasteiger partial charge is 0.462 e. The van der Waals surface area contributed by atoms with Gasteiger partial charge in [0.25, 0.3) is 0 Å². The van der Waals surface area contributed by atoms with Crippen LogP contribution in [0.25, 0.3) is 10.9 Å². The lowest BCUT2D eigenvalue weighted by Gasteiger charge is -2.10. The Hall–Kier alpha value is -1.85. The van der Waals surface area contributed by atoms with Crippen molar-refractivity contribution in [3.05, 3.63) is 39.5 Å². The third kappa shape index (κ3) is 3.15. The zero-order valence-corrected chi connectivity index (χ0v) is 13.5. The molecule has 1 aromatic carbocycles. The molecule has 2 aromatic rings. The molecule has 0 aliphatic carbocycles. The summed E-state index contributed by atoms with van der Waals surface area (Å²) < 4.78 is 9.88. The fraction of sp³-hybridized carbons (Fsp3) is 0.267. The topological polar surface area (TPSA) is 65.5 Å². The molecule has 0 N–H and O–H groups in total. The highest BCUT2D eigenvalue weighted by Gasteiger charge is 2.23. The van der Waals surface area contributed by atoms with E-state index in [1.807, 2.05) is 0 Å². The van der Waals surface area contributed by atoms with Crippen molar-refractivity contribution < 1.29 is 19.1 Å². The van der Waals surface area contributed by atoms with Crippen LogP contribution in [-0.4, -0.2) is 30.1 Å². The van der Waals surface area contributed by atoms with Gasteiger partial charge in [-0.3, -0.25) is 0 Å². The molecule has 0 unspecified atom stereocenters. The summed E-state index contributed by atoms with van der Waals surface area (Å²) >= 11 is 12.1. The predicted molar refractivity (Wildman–Crippen MR) is 83.7 cm³/mol. The van der Waals surface area contributed by atoms with Crippen molar-refractivity contribution in [2.24, 2.45) is 0 Å². The van der Waals surface area contributed by atoms with Gasteiger partial charge in [-0.1, -0.05) is 29.3 Å². The summed E-state index contributed by atoms with van der Waals surface area (Å²) in [5.74, 6) is -1.37. The number of aromatic nitrogens is 1. The predicted octanol–water partition coefficient (Wildman–Crippen LogP) is 3.90. The van der Waals surface area contributed by atoms with Gasteiger partial charge in [0, 0.05) is 5.39 Å². The van der Waals surface area contributed by atoms with Crippen LogP contribution in [0.4, 0.5) is 0 Å². The quantitative estimate of drug-likeness (QED) is 0.789. The highest BCUT2D eigenvalue weighted by atomic mass is 35.5. The van der Waals surface area contributed by atoms with Crippen molar-refractivity contribution in [2.75, 3.05) is 13.2 Å². The van der Waals surface area contributed by atoms with E-state index in [2.05, 4.69) is 4.98 Å². The Kier molecular flexibility index (Phi) is 5.21. The van der Waals surface area contributed by atoms with E-state index in [1.54, 1.807) is 26.0 Å². The number of carbonyl (C=O) groups is 2. The summed E-state index contributed by atoms with van der Waals surface area (Å²) in [7, 11) is 0. The Morgan fingerprint density at radius 1 is 1.09 bits per heavy atom. The molecule has 2 rings (SSSR count). The first-order valence-corrected chi connectivity index (χ1v) is 7.38. The molecule has 0 saturated carbocycles. The van der Waals surface area contributed by atoms with Gasteiger partial charge in [0.05, 0.1) is 34.3 Å². The number of ether oxygens (including phenoxy) is 2. The number of fused-ring (bicyclic) bond motifs is 1. The van der Waals surface area contributed by atoms with Crippen molar-refractivity contribution in [1.82, 2.24) is 4.98 Å². The SMILES string of the molecule is CCOC(=O)c1cc2ccc(Cl)c(Cl)c2nc1C(=O)OCC. The number of halogens is 2. The molecule has 0 bridgehead atoms. The standard InChI is InChI=1S/C15H13Cl2NO4/c1-3-21-14(19)9-7-8-5-6-10(16)11(17)12(8)18-13(9)15(20)22-4-2/h5-7H,3-4H2,1-2H3. The van der Waals surface area contributed by atoms with Crippen LogP contribution in [-0.2, 0) is 9.47 Å². The molecule has 22 heavy (non-hydrogen) atoms. The van der Waals surface area contributed by atoms with Crippen molar-refractivity contribution in [3.8, 4) is 0 Å². The Labute approximate surface area is 137 Å². The Balaban J connectivity index is 2.70. The molecular weight excluding hydrogens is 329 g/mol. The third-order valence-electron chi connectivity index (χ3n) is 2.84. The van der Waals surface area contributed by atoms with E-state index in [9.17, 15) is 9.59 Å². The molecule has 5 nitrogen and oxygen atoms in total. The molecule has 0 aliphatic heterocycles. The van der Waals surface area contributed by atoms with Crippen LogP contribution in [0.2, 0.25) is 10.0 Å². The van der Waals surface area contributed by atoms with Crippen LogP contribution in [0.1, 0.15) is 34.7 Å². The van der Waals surface area contributed by atoms with Gasteiger partial charge in [0.2, 0.25) is 0 Å². The average molecular weight is 342 g/mol.